The smallest absolute Gasteiger partial charge is 0.322 e. The first-order valence-electron chi connectivity index (χ1n) is 7.31. The molecule has 0 spiro atoms. The van der Waals surface area contributed by atoms with Crippen LogP contribution in [0, 0.1) is 6.92 Å². The van der Waals surface area contributed by atoms with E-state index >= 15 is 0 Å². The minimum Gasteiger partial charge on any atom is -0.504 e. The molecule has 0 radical (unpaired) electrons. The number of fused-ring (bicyclic) bond motifs is 1. The molecule has 0 fully saturated rings. The summed E-state index contributed by atoms with van der Waals surface area (Å²) in [5.74, 6) is 0.911. The van der Waals surface area contributed by atoms with Crippen LogP contribution in [0.25, 0.3) is 0 Å². The second-order valence-electron chi connectivity index (χ2n) is 5.65. The monoisotopic (exact) mass is 396 g/mol. The highest BCUT2D eigenvalue weighted by Gasteiger charge is 2.33. The van der Waals surface area contributed by atoms with E-state index in [2.05, 4.69) is 26.1 Å². The molecular formula is C15H17BrN4O4. The standard InChI is InChI=1S/C15H17BrN4O4/c1-8-17-18-14-7-19(11(15(22)23)6-20(8)14)5-9-3-12(21)13(24-2)4-10(9)16/h3-4,11,21H,5-7H2,1-2H3,(H,22,23). The number of methoxy groups -OCH3 is 1. The number of aryl methyl sites for hydroxylation is 1. The predicted octanol–water partition coefficient (Wildman–Crippen LogP) is 1.53. The van der Waals surface area contributed by atoms with Crippen molar-refractivity contribution >= 4 is 21.9 Å². The first-order valence-corrected chi connectivity index (χ1v) is 8.11. The molecule has 24 heavy (non-hydrogen) atoms. The van der Waals surface area contributed by atoms with Crippen LogP contribution < -0.4 is 4.74 Å². The van der Waals surface area contributed by atoms with Gasteiger partial charge < -0.3 is 19.5 Å². The van der Waals surface area contributed by atoms with E-state index in [0.717, 1.165) is 15.9 Å². The summed E-state index contributed by atoms with van der Waals surface area (Å²) >= 11 is 3.44. The first-order chi connectivity index (χ1) is 11.4. The second-order valence-corrected chi connectivity index (χ2v) is 6.50. The zero-order chi connectivity index (χ0) is 17.4. The number of ether oxygens (including phenoxy) is 1. The van der Waals surface area contributed by atoms with E-state index in [-0.39, 0.29) is 5.75 Å². The number of carbonyl (C=O) groups is 1. The number of halogens is 1. The number of carboxylic acids is 1. The van der Waals surface area contributed by atoms with Gasteiger partial charge in [-0.1, -0.05) is 15.9 Å². The normalized spacial score (nSPS) is 17.5. The van der Waals surface area contributed by atoms with E-state index in [0.29, 0.717) is 31.2 Å². The topological polar surface area (TPSA) is 101 Å². The van der Waals surface area contributed by atoms with Crippen LogP contribution in [0.1, 0.15) is 17.2 Å². The molecule has 1 aliphatic heterocycles. The summed E-state index contributed by atoms with van der Waals surface area (Å²) in [4.78, 5) is 13.5. The van der Waals surface area contributed by atoms with Crippen LogP contribution in [0.2, 0.25) is 0 Å². The van der Waals surface area contributed by atoms with Gasteiger partial charge in [0.25, 0.3) is 0 Å². The van der Waals surface area contributed by atoms with Crippen LogP contribution in [0.5, 0.6) is 11.5 Å². The van der Waals surface area contributed by atoms with Crippen LogP contribution in [-0.2, 0) is 24.4 Å². The van der Waals surface area contributed by atoms with E-state index in [1.807, 2.05) is 11.5 Å². The summed E-state index contributed by atoms with van der Waals surface area (Å²) < 4.78 is 7.64. The summed E-state index contributed by atoms with van der Waals surface area (Å²) in [5, 5.41) is 27.7. The zero-order valence-electron chi connectivity index (χ0n) is 13.2. The van der Waals surface area contributed by atoms with Crippen molar-refractivity contribution in [3.63, 3.8) is 0 Å². The van der Waals surface area contributed by atoms with Crippen molar-refractivity contribution in [2.75, 3.05) is 7.11 Å². The minimum atomic E-state index is -0.900. The first kappa shape index (κ1) is 16.7. The van der Waals surface area contributed by atoms with Gasteiger partial charge in [-0.15, -0.1) is 10.2 Å². The zero-order valence-corrected chi connectivity index (χ0v) is 14.8. The largest absolute Gasteiger partial charge is 0.504 e. The van der Waals surface area contributed by atoms with E-state index in [1.165, 1.54) is 7.11 Å². The number of nitrogens with zero attached hydrogens (tertiary/aromatic N) is 4. The van der Waals surface area contributed by atoms with E-state index < -0.39 is 12.0 Å². The summed E-state index contributed by atoms with van der Waals surface area (Å²) in [7, 11) is 1.47. The maximum absolute atomic E-state index is 11.7. The summed E-state index contributed by atoms with van der Waals surface area (Å²) in [6.45, 7) is 2.82. The van der Waals surface area contributed by atoms with Gasteiger partial charge in [-0.3, -0.25) is 9.69 Å². The highest BCUT2D eigenvalue weighted by atomic mass is 79.9. The molecule has 8 nitrogen and oxygen atoms in total. The molecule has 1 aromatic carbocycles. The molecule has 0 saturated carbocycles. The molecule has 1 unspecified atom stereocenters. The molecule has 2 N–H and O–H groups in total. The van der Waals surface area contributed by atoms with Crippen molar-refractivity contribution < 1.29 is 19.7 Å². The van der Waals surface area contributed by atoms with Gasteiger partial charge in [0.1, 0.15) is 17.7 Å². The van der Waals surface area contributed by atoms with Gasteiger partial charge >= 0.3 is 5.97 Å². The fraction of sp³-hybridized carbons (Fsp3) is 0.400. The Hall–Kier alpha value is -2.13. The minimum absolute atomic E-state index is 0.0126. The summed E-state index contributed by atoms with van der Waals surface area (Å²) in [6, 6.07) is 2.55. The van der Waals surface area contributed by atoms with Crippen molar-refractivity contribution in [3.05, 3.63) is 33.8 Å². The molecule has 0 amide bonds. The Kier molecular flexibility index (Phi) is 4.46. The molecule has 0 aliphatic carbocycles. The number of aromatic hydroxyl groups is 1. The average Bonchev–Trinajstić information content (AvgIpc) is 2.90. The molecule has 3 rings (SSSR count). The van der Waals surface area contributed by atoms with Crippen LogP contribution in [0.4, 0.5) is 0 Å². The van der Waals surface area contributed by atoms with Crippen molar-refractivity contribution in [3.8, 4) is 11.5 Å². The molecule has 2 aromatic rings. The summed E-state index contributed by atoms with van der Waals surface area (Å²) in [6.07, 6.45) is 0. The fourth-order valence-corrected chi connectivity index (χ4v) is 3.30. The van der Waals surface area contributed by atoms with Gasteiger partial charge in [0.05, 0.1) is 20.2 Å². The Bertz CT molecular complexity index is 792. The van der Waals surface area contributed by atoms with Gasteiger partial charge in [-0.05, 0) is 24.6 Å². The Morgan fingerprint density at radius 3 is 2.88 bits per heavy atom. The van der Waals surface area contributed by atoms with Crippen LogP contribution in [-0.4, -0.2) is 49.0 Å². The lowest BCUT2D eigenvalue weighted by molar-refractivity contribution is -0.145. The molecular weight excluding hydrogens is 380 g/mol. The lowest BCUT2D eigenvalue weighted by Gasteiger charge is -2.33. The Morgan fingerprint density at radius 1 is 1.46 bits per heavy atom. The number of hydrogen-bond acceptors (Lipinski definition) is 6. The van der Waals surface area contributed by atoms with Crippen molar-refractivity contribution in [1.82, 2.24) is 19.7 Å². The molecule has 1 atom stereocenters. The Balaban J connectivity index is 1.91. The van der Waals surface area contributed by atoms with Gasteiger partial charge in [-0.2, -0.15) is 0 Å². The van der Waals surface area contributed by atoms with Crippen LogP contribution >= 0.6 is 15.9 Å². The number of phenols is 1. The highest BCUT2D eigenvalue weighted by molar-refractivity contribution is 9.10. The number of hydrogen-bond donors (Lipinski definition) is 2. The van der Waals surface area contributed by atoms with Crippen molar-refractivity contribution in [2.24, 2.45) is 0 Å². The quantitative estimate of drug-likeness (QED) is 0.807. The number of carboxylic acid groups (broad SMARTS) is 1. The van der Waals surface area contributed by atoms with Crippen LogP contribution in [0.15, 0.2) is 16.6 Å². The van der Waals surface area contributed by atoms with E-state index in [9.17, 15) is 15.0 Å². The number of phenolic OH excluding ortho intramolecular Hbond substituents is 1. The number of benzene rings is 1. The lowest BCUT2D eigenvalue weighted by Crippen LogP contribution is -2.47. The molecule has 9 heteroatoms. The summed E-state index contributed by atoms with van der Waals surface area (Å²) in [5.41, 5.74) is 0.768. The van der Waals surface area contributed by atoms with Crippen LogP contribution in [0.3, 0.4) is 0 Å². The maximum Gasteiger partial charge on any atom is 0.322 e. The van der Waals surface area contributed by atoms with Gasteiger partial charge in [0.2, 0.25) is 0 Å². The van der Waals surface area contributed by atoms with Crippen molar-refractivity contribution in [1.29, 1.82) is 0 Å². The lowest BCUT2D eigenvalue weighted by atomic mass is 10.1. The third kappa shape index (κ3) is 2.96. The third-order valence-electron chi connectivity index (χ3n) is 4.16. The second kappa shape index (κ2) is 6.40. The molecule has 128 valence electrons. The Morgan fingerprint density at radius 2 is 2.21 bits per heavy atom. The number of aliphatic carboxylic acids is 1. The van der Waals surface area contributed by atoms with E-state index in [1.54, 1.807) is 17.0 Å². The highest BCUT2D eigenvalue weighted by Crippen LogP contribution is 2.34. The van der Waals surface area contributed by atoms with E-state index in [4.69, 9.17) is 4.74 Å². The Labute approximate surface area is 146 Å². The molecule has 1 aliphatic rings. The van der Waals surface area contributed by atoms with Crippen molar-refractivity contribution in [2.45, 2.75) is 32.6 Å². The van der Waals surface area contributed by atoms with Gasteiger partial charge in [0, 0.05) is 11.0 Å². The molecule has 2 heterocycles. The SMILES string of the molecule is COc1cc(Br)c(CN2Cc3nnc(C)n3CC2C(=O)O)cc1O. The number of rotatable bonds is 4. The maximum atomic E-state index is 11.7. The number of aromatic nitrogens is 3. The van der Waals surface area contributed by atoms with Gasteiger partial charge in [0.15, 0.2) is 11.5 Å². The molecule has 0 bridgehead atoms. The average molecular weight is 397 g/mol. The predicted molar refractivity (Wildman–Crippen MR) is 87.8 cm³/mol. The molecule has 1 aromatic heterocycles. The molecule has 0 saturated heterocycles. The fourth-order valence-electron chi connectivity index (χ4n) is 2.85. The van der Waals surface area contributed by atoms with Gasteiger partial charge in [-0.25, -0.2) is 0 Å². The third-order valence-corrected chi connectivity index (χ3v) is 4.90.